The highest BCUT2D eigenvalue weighted by Crippen LogP contribution is 2.35. The number of carbonyl (C=O) groups is 1. The number of aryl methyl sites for hydroxylation is 1. The quantitative estimate of drug-likeness (QED) is 0.332. The van der Waals surface area contributed by atoms with Crippen molar-refractivity contribution >= 4 is 33.9 Å². The van der Waals surface area contributed by atoms with Crippen LogP contribution in [0.4, 0.5) is 5.69 Å². The van der Waals surface area contributed by atoms with Crippen LogP contribution in [-0.2, 0) is 15.7 Å². The molecule has 4 nitrogen and oxygen atoms in total. The molecule has 1 aliphatic rings. The van der Waals surface area contributed by atoms with Gasteiger partial charge in [-0.05, 0) is 50.2 Å². The van der Waals surface area contributed by atoms with E-state index in [1.807, 2.05) is 4.57 Å². The maximum atomic E-state index is 13.1. The van der Waals surface area contributed by atoms with Crippen molar-refractivity contribution in [2.75, 3.05) is 4.57 Å². The van der Waals surface area contributed by atoms with E-state index in [4.69, 9.17) is 4.53 Å². The van der Waals surface area contributed by atoms with Gasteiger partial charge < -0.3 is 9.09 Å². The second-order valence-corrected chi connectivity index (χ2v) is 18.3. The number of nitrogens with zero attached hydrogens (tertiary/aromatic N) is 2. The number of oxime groups is 1. The van der Waals surface area contributed by atoms with Gasteiger partial charge in [0.2, 0.25) is 0 Å². The van der Waals surface area contributed by atoms with Crippen LogP contribution in [0.15, 0.2) is 23.4 Å². The number of rotatable bonds is 8. The standard InChI is InChI=1S/C20H34N2O2Si2/c1-8-9-10-11-12-16-13-14-18-17(15-16)19(21-24-26(5,6)7)20(23)22(18)25(2,3)4/h13-15H,8-12H2,1-7H3/b21-19-. The summed E-state index contributed by atoms with van der Waals surface area (Å²) in [5.74, 6) is 0.000509. The average Bonchev–Trinajstić information content (AvgIpc) is 2.79. The number of amides is 1. The van der Waals surface area contributed by atoms with Crippen LogP contribution < -0.4 is 4.57 Å². The molecule has 0 saturated heterocycles. The molecule has 0 bridgehead atoms. The van der Waals surface area contributed by atoms with Gasteiger partial charge in [-0.15, -0.1) is 0 Å². The smallest absolute Gasteiger partial charge is 0.278 e. The average molecular weight is 391 g/mol. The first kappa shape index (κ1) is 20.9. The predicted octanol–water partition coefficient (Wildman–Crippen LogP) is 5.55. The van der Waals surface area contributed by atoms with Crippen LogP contribution in [0, 0.1) is 0 Å². The Morgan fingerprint density at radius 1 is 1.04 bits per heavy atom. The molecule has 0 atom stereocenters. The number of hydrogen-bond acceptors (Lipinski definition) is 3. The first-order valence-electron chi connectivity index (χ1n) is 9.78. The lowest BCUT2D eigenvalue weighted by molar-refractivity contribution is -0.111. The van der Waals surface area contributed by atoms with E-state index in [-0.39, 0.29) is 5.91 Å². The monoisotopic (exact) mass is 390 g/mol. The molecule has 0 aliphatic carbocycles. The molecular weight excluding hydrogens is 356 g/mol. The van der Waals surface area contributed by atoms with E-state index < -0.39 is 16.6 Å². The Labute approximate surface area is 160 Å². The Morgan fingerprint density at radius 3 is 2.31 bits per heavy atom. The van der Waals surface area contributed by atoms with Crippen molar-refractivity contribution < 1.29 is 9.32 Å². The SMILES string of the molecule is CCCCCCc1ccc2c(c1)/C(=N/O[Si](C)(C)C)C(=O)N2[Si](C)(C)C. The molecule has 0 N–H and O–H groups in total. The number of hydrogen-bond donors (Lipinski definition) is 0. The molecule has 0 aromatic heterocycles. The van der Waals surface area contributed by atoms with Crippen LogP contribution in [0.25, 0.3) is 0 Å². The van der Waals surface area contributed by atoms with Gasteiger partial charge in [0.25, 0.3) is 14.2 Å². The summed E-state index contributed by atoms with van der Waals surface area (Å²) < 4.78 is 7.73. The normalized spacial score (nSPS) is 16.3. The summed E-state index contributed by atoms with van der Waals surface area (Å²) in [6, 6.07) is 6.44. The molecule has 1 aromatic rings. The van der Waals surface area contributed by atoms with Crippen molar-refractivity contribution in [2.45, 2.75) is 78.3 Å². The molecule has 0 saturated carbocycles. The van der Waals surface area contributed by atoms with E-state index >= 15 is 0 Å². The first-order valence-corrected chi connectivity index (χ1v) is 16.6. The van der Waals surface area contributed by atoms with Crippen molar-refractivity contribution in [3.05, 3.63) is 29.3 Å². The maximum absolute atomic E-state index is 13.1. The number of fused-ring (bicyclic) bond motifs is 1. The third-order valence-electron chi connectivity index (χ3n) is 4.36. The highest BCUT2D eigenvalue weighted by atomic mass is 28.4. The summed E-state index contributed by atoms with van der Waals surface area (Å²) in [4.78, 5) is 13.1. The predicted molar refractivity (Wildman–Crippen MR) is 116 cm³/mol. The Kier molecular flexibility index (Phi) is 6.50. The van der Waals surface area contributed by atoms with Gasteiger partial charge >= 0.3 is 0 Å². The molecule has 0 unspecified atom stereocenters. The van der Waals surface area contributed by atoms with Crippen LogP contribution in [0.5, 0.6) is 0 Å². The molecule has 1 heterocycles. The van der Waals surface area contributed by atoms with Gasteiger partial charge in [-0.1, -0.05) is 57.0 Å². The maximum Gasteiger partial charge on any atom is 0.278 e. The third kappa shape index (κ3) is 5.07. The van der Waals surface area contributed by atoms with E-state index in [1.165, 1.54) is 31.2 Å². The zero-order chi connectivity index (χ0) is 19.5. The van der Waals surface area contributed by atoms with Gasteiger partial charge in [0.15, 0.2) is 13.9 Å². The van der Waals surface area contributed by atoms with E-state index in [0.717, 1.165) is 17.7 Å². The van der Waals surface area contributed by atoms with Gasteiger partial charge in [0.05, 0.1) is 0 Å². The Balaban J connectivity index is 2.37. The van der Waals surface area contributed by atoms with Gasteiger partial charge in [0, 0.05) is 11.3 Å². The van der Waals surface area contributed by atoms with Gasteiger partial charge in [-0.3, -0.25) is 4.79 Å². The summed E-state index contributed by atoms with van der Waals surface area (Å²) in [6.45, 7) is 15.0. The van der Waals surface area contributed by atoms with Crippen molar-refractivity contribution in [2.24, 2.45) is 5.16 Å². The molecule has 0 fully saturated rings. The van der Waals surface area contributed by atoms with Crippen molar-refractivity contribution in [1.82, 2.24) is 0 Å². The van der Waals surface area contributed by atoms with E-state index in [0.29, 0.717) is 5.71 Å². The molecule has 2 rings (SSSR count). The topological polar surface area (TPSA) is 41.9 Å². The summed E-state index contributed by atoms with van der Waals surface area (Å²) >= 11 is 0. The second kappa shape index (κ2) is 8.09. The molecular formula is C20H34N2O2Si2. The largest absolute Gasteiger partial charge is 0.455 e. The summed E-state index contributed by atoms with van der Waals surface area (Å²) in [6.07, 6.45) is 6.03. The minimum absolute atomic E-state index is 0.000509. The number of anilines is 1. The van der Waals surface area contributed by atoms with Gasteiger partial charge in [-0.25, -0.2) is 0 Å². The molecule has 1 aromatic carbocycles. The molecule has 144 valence electrons. The minimum Gasteiger partial charge on any atom is -0.455 e. The van der Waals surface area contributed by atoms with Crippen LogP contribution >= 0.6 is 0 Å². The lowest BCUT2D eigenvalue weighted by atomic mass is 10.0. The molecule has 26 heavy (non-hydrogen) atoms. The Bertz CT molecular complexity index is 688. The first-order chi connectivity index (χ1) is 12.0. The van der Waals surface area contributed by atoms with E-state index in [9.17, 15) is 4.79 Å². The molecule has 0 radical (unpaired) electrons. The van der Waals surface area contributed by atoms with Crippen LogP contribution in [0.3, 0.4) is 0 Å². The summed E-state index contributed by atoms with van der Waals surface area (Å²) in [5.41, 5.74) is 3.72. The van der Waals surface area contributed by atoms with Gasteiger partial charge in [0.1, 0.15) is 0 Å². The number of unbranched alkanes of at least 4 members (excludes halogenated alkanes) is 3. The Morgan fingerprint density at radius 2 is 1.73 bits per heavy atom. The van der Waals surface area contributed by atoms with Crippen molar-refractivity contribution in [3.63, 3.8) is 0 Å². The van der Waals surface area contributed by atoms with Crippen LogP contribution in [-0.4, -0.2) is 28.2 Å². The van der Waals surface area contributed by atoms with Crippen LogP contribution in [0.2, 0.25) is 39.3 Å². The zero-order valence-electron chi connectivity index (χ0n) is 17.5. The fourth-order valence-corrected chi connectivity index (χ4v) is 5.14. The molecule has 6 heteroatoms. The second-order valence-electron chi connectivity index (χ2n) is 9.12. The fraction of sp³-hybridized carbons (Fsp3) is 0.600. The van der Waals surface area contributed by atoms with Crippen molar-refractivity contribution in [3.8, 4) is 0 Å². The Hall–Kier alpha value is -1.41. The molecule has 0 spiro atoms. The molecule has 1 amide bonds. The lowest BCUT2D eigenvalue weighted by Crippen LogP contribution is -2.49. The number of benzene rings is 1. The van der Waals surface area contributed by atoms with E-state index in [2.05, 4.69) is 69.6 Å². The van der Waals surface area contributed by atoms with Crippen LogP contribution in [0.1, 0.15) is 43.7 Å². The highest BCUT2D eigenvalue weighted by Gasteiger charge is 2.41. The highest BCUT2D eigenvalue weighted by molar-refractivity contribution is 6.87. The molecule has 1 aliphatic heterocycles. The summed E-state index contributed by atoms with van der Waals surface area (Å²) in [7, 11) is -3.68. The van der Waals surface area contributed by atoms with Crippen molar-refractivity contribution in [1.29, 1.82) is 0 Å². The number of carbonyl (C=O) groups excluding carboxylic acids is 1. The lowest BCUT2D eigenvalue weighted by Gasteiger charge is -2.30. The van der Waals surface area contributed by atoms with Gasteiger partial charge in [-0.2, -0.15) is 0 Å². The zero-order valence-corrected chi connectivity index (χ0v) is 19.5. The summed E-state index contributed by atoms with van der Waals surface area (Å²) in [5, 5.41) is 4.34. The van der Waals surface area contributed by atoms with E-state index in [1.54, 1.807) is 0 Å². The third-order valence-corrected chi connectivity index (χ3v) is 6.79. The fourth-order valence-electron chi connectivity index (χ4n) is 3.15. The minimum atomic E-state index is -1.85.